The number of amides is 1. The molecule has 10 nitrogen and oxygen atoms in total. The highest BCUT2D eigenvalue weighted by Crippen LogP contribution is 2.39. The molecule has 4 rings (SSSR count). The number of methoxy groups -OCH3 is 1. The highest BCUT2D eigenvalue weighted by atomic mass is 32.2. The molecule has 1 atom stereocenters. The van der Waals surface area contributed by atoms with Gasteiger partial charge in [-0.3, -0.25) is 9.10 Å². The van der Waals surface area contributed by atoms with Crippen molar-refractivity contribution in [3.8, 4) is 5.75 Å². The number of halogens is 4. The summed E-state index contributed by atoms with van der Waals surface area (Å²) in [6.07, 6.45) is -1.45. The Kier molecular flexibility index (Phi) is 11.5. The number of carbonyl (C=O) groups excluding carboxylic acids is 1. The summed E-state index contributed by atoms with van der Waals surface area (Å²) in [5.41, 5.74) is 0.688. The molecule has 1 aliphatic heterocycles. The molecule has 2 aliphatic rings. The predicted octanol–water partition coefficient (Wildman–Crippen LogP) is 4.01. The smallest absolute Gasteiger partial charge is 0.421 e. The third-order valence-electron chi connectivity index (χ3n) is 6.90. The van der Waals surface area contributed by atoms with E-state index in [2.05, 4.69) is 15.6 Å². The zero-order valence-corrected chi connectivity index (χ0v) is 26.2. The normalized spacial score (nSPS) is 15.2. The topological polar surface area (TPSA) is 127 Å². The molecular formula is C30H35F4N5O5S. The Labute approximate surface area is 261 Å². The second-order valence-electron chi connectivity index (χ2n) is 10.2. The summed E-state index contributed by atoms with van der Waals surface area (Å²) >= 11 is 0. The zero-order valence-electron chi connectivity index (χ0n) is 25.3. The molecule has 1 unspecified atom stereocenters. The van der Waals surface area contributed by atoms with Gasteiger partial charge in [-0.2, -0.15) is 13.2 Å². The number of benzene rings is 2. The van der Waals surface area contributed by atoms with E-state index in [1.807, 2.05) is 31.1 Å². The van der Waals surface area contributed by atoms with E-state index in [9.17, 15) is 26.6 Å². The Hall–Kier alpha value is -4.21. The summed E-state index contributed by atoms with van der Waals surface area (Å²) in [6.45, 7) is 0.849. The molecule has 0 fully saturated rings. The average molecular weight is 654 g/mol. The van der Waals surface area contributed by atoms with Crippen molar-refractivity contribution in [3.63, 3.8) is 0 Å². The molecule has 0 saturated heterocycles. The van der Waals surface area contributed by atoms with Crippen LogP contribution >= 0.6 is 0 Å². The first-order valence-corrected chi connectivity index (χ1v) is 15.0. The number of aliphatic imine (C=N–C) groups is 1. The molecule has 0 aromatic heterocycles. The number of rotatable bonds is 11. The Bertz CT molecular complexity index is 1590. The van der Waals surface area contributed by atoms with Crippen LogP contribution in [0.5, 0.6) is 5.75 Å². The van der Waals surface area contributed by atoms with Crippen LogP contribution in [0.2, 0.25) is 0 Å². The van der Waals surface area contributed by atoms with Crippen LogP contribution in [0.3, 0.4) is 0 Å². The van der Waals surface area contributed by atoms with E-state index in [4.69, 9.17) is 9.47 Å². The number of nitrogens with one attached hydrogen (secondary N) is 2. The van der Waals surface area contributed by atoms with Crippen LogP contribution in [0.1, 0.15) is 27.9 Å². The number of allylic oxidation sites excluding steroid dienone is 3. The molecule has 0 saturated carbocycles. The van der Waals surface area contributed by atoms with Crippen molar-refractivity contribution < 1.29 is 41.5 Å². The van der Waals surface area contributed by atoms with Crippen molar-refractivity contribution >= 4 is 34.5 Å². The van der Waals surface area contributed by atoms with Crippen LogP contribution in [-0.2, 0) is 22.1 Å². The first-order chi connectivity index (χ1) is 20.8. The van der Waals surface area contributed by atoms with Gasteiger partial charge in [0.05, 0.1) is 24.1 Å². The number of nitrogens with zero attached hydrogens (tertiary/aromatic N) is 3. The Morgan fingerprint density at radius 1 is 1.13 bits per heavy atom. The fourth-order valence-electron chi connectivity index (χ4n) is 4.61. The van der Waals surface area contributed by atoms with Gasteiger partial charge in [0, 0.05) is 57.1 Å². The number of hydrogen-bond acceptors (Lipinski definition) is 7. The second kappa shape index (κ2) is 14.7. The van der Waals surface area contributed by atoms with E-state index in [0.29, 0.717) is 25.0 Å². The average Bonchev–Trinajstić information content (AvgIpc) is 3.18. The molecule has 244 valence electrons. The number of hydrogen-bond donors (Lipinski definition) is 2. The van der Waals surface area contributed by atoms with E-state index in [1.54, 1.807) is 19.2 Å². The van der Waals surface area contributed by atoms with Gasteiger partial charge in [-0.15, -0.1) is 0 Å². The maximum Gasteiger partial charge on any atom is 0.421 e. The summed E-state index contributed by atoms with van der Waals surface area (Å²) in [4.78, 5) is 18.3. The van der Waals surface area contributed by atoms with Gasteiger partial charge < -0.3 is 30.5 Å². The number of anilines is 1. The molecule has 2 aromatic carbocycles. The summed E-state index contributed by atoms with van der Waals surface area (Å²) in [6, 6.07) is 9.45. The van der Waals surface area contributed by atoms with E-state index in [1.165, 1.54) is 29.8 Å². The van der Waals surface area contributed by atoms with Crippen LogP contribution < -0.4 is 15.4 Å². The van der Waals surface area contributed by atoms with Crippen LogP contribution in [0, 0.1) is 5.82 Å². The SMILES string of the molecule is COc1cc(C(=O)NCCN(C)C)c(F)cc1NC1=CCC(OC2=C(N(C)S(C)=O)c3ccccc3C2)=C(C(F)(F)F)C=N1.O. The standard InChI is InChI=1S/C30H33F4N5O4S.H2O/c1-38(2)13-12-35-29(40)20-15-25(42-4)23(16-22(20)31)37-27-11-10-24(21(17-36-27)30(32,33)34)43-26-14-18-8-6-7-9-19(18)28(26)39(3)44(5)41;/h6-9,11,15-17,37H,10,12-14H2,1-5H3,(H,35,40);1H2. The predicted molar refractivity (Wildman–Crippen MR) is 165 cm³/mol. The molecule has 1 amide bonds. The molecule has 15 heteroatoms. The molecule has 1 heterocycles. The van der Waals surface area contributed by atoms with E-state index >= 15 is 0 Å². The Morgan fingerprint density at radius 2 is 1.84 bits per heavy atom. The number of ether oxygens (including phenoxy) is 2. The van der Waals surface area contributed by atoms with Crippen LogP contribution in [0.25, 0.3) is 5.70 Å². The van der Waals surface area contributed by atoms with Gasteiger partial charge in [0.2, 0.25) is 0 Å². The van der Waals surface area contributed by atoms with Crippen molar-refractivity contribution in [2.24, 2.45) is 4.99 Å². The minimum absolute atomic E-state index is 0. The fraction of sp³-hybridized carbons (Fsp3) is 0.333. The highest BCUT2D eigenvalue weighted by Gasteiger charge is 2.38. The van der Waals surface area contributed by atoms with Crippen molar-refractivity contribution in [3.05, 3.63) is 87.9 Å². The molecule has 2 aromatic rings. The molecule has 4 N–H and O–H groups in total. The largest absolute Gasteiger partial charge is 0.495 e. The third kappa shape index (κ3) is 8.29. The monoisotopic (exact) mass is 653 g/mol. The summed E-state index contributed by atoms with van der Waals surface area (Å²) in [5.74, 6) is -1.62. The van der Waals surface area contributed by atoms with Crippen LogP contribution in [-0.4, -0.2) is 84.8 Å². The summed E-state index contributed by atoms with van der Waals surface area (Å²) in [5, 5.41) is 5.42. The quantitative estimate of drug-likeness (QED) is 0.353. The van der Waals surface area contributed by atoms with Gasteiger partial charge in [0.15, 0.2) is 0 Å². The summed E-state index contributed by atoms with van der Waals surface area (Å²) in [7, 11) is 5.10. The highest BCUT2D eigenvalue weighted by molar-refractivity contribution is 7.82. The van der Waals surface area contributed by atoms with Gasteiger partial charge in [-0.1, -0.05) is 24.3 Å². The molecule has 0 radical (unpaired) electrons. The number of fused-ring (bicyclic) bond motifs is 1. The maximum absolute atomic E-state index is 15.0. The molecule has 0 spiro atoms. The van der Waals surface area contributed by atoms with Gasteiger partial charge >= 0.3 is 6.18 Å². The lowest BCUT2D eigenvalue weighted by molar-refractivity contribution is -0.0885. The van der Waals surface area contributed by atoms with Gasteiger partial charge in [-0.05, 0) is 31.8 Å². The number of likely N-dealkylation sites (N-methyl/N-ethyl adjacent to an activating group) is 1. The minimum atomic E-state index is -4.81. The minimum Gasteiger partial charge on any atom is -0.495 e. The third-order valence-corrected chi connectivity index (χ3v) is 7.85. The molecule has 45 heavy (non-hydrogen) atoms. The number of carbonyl (C=O) groups is 1. The first kappa shape index (κ1) is 35.3. The van der Waals surface area contributed by atoms with Gasteiger partial charge in [0.1, 0.15) is 45.5 Å². The van der Waals surface area contributed by atoms with E-state index in [-0.39, 0.29) is 46.9 Å². The van der Waals surface area contributed by atoms with Gasteiger partial charge in [0.25, 0.3) is 5.91 Å². The van der Waals surface area contributed by atoms with Crippen molar-refractivity contribution in [2.45, 2.75) is 19.0 Å². The lowest BCUT2D eigenvalue weighted by atomic mass is 10.1. The Balaban J connectivity index is 0.00000552. The Morgan fingerprint density at radius 3 is 2.49 bits per heavy atom. The van der Waals surface area contributed by atoms with E-state index in [0.717, 1.165) is 17.2 Å². The first-order valence-electron chi connectivity index (χ1n) is 13.5. The van der Waals surface area contributed by atoms with Gasteiger partial charge in [-0.25, -0.2) is 13.6 Å². The summed E-state index contributed by atoms with van der Waals surface area (Å²) < 4.78 is 82.7. The zero-order chi connectivity index (χ0) is 32.2. The molecule has 0 bridgehead atoms. The fourth-order valence-corrected chi connectivity index (χ4v) is 5.07. The maximum atomic E-state index is 15.0. The van der Waals surface area contributed by atoms with E-state index < -0.39 is 40.2 Å². The van der Waals surface area contributed by atoms with Crippen molar-refractivity contribution in [1.82, 2.24) is 14.5 Å². The van der Waals surface area contributed by atoms with Crippen molar-refractivity contribution in [1.29, 1.82) is 0 Å². The lowest BCUT2D eigenvalue weighted by Gasteiger charge is -2.21. The van der Waals surface area contributed by atoms with Crippen molar-refractivity contribution in [2.75, 3.05) is 52.9 Å². The molecular weight excluding hydrogens is 618 g/mol. The lowest BCUT2D eigenvalue weighted by Crippen LogP contribution is -2.31. The van der Waals surface area contributed by atoms with Crippen LogP contribution in [0.4, 0.5) is 23.2 Å². The second-order valence-corrected chi connectivity index (χ2v) is 11.6. The van der Waals surface area contributed by atoms with Crippen LogP contribution in [0.15, 0.2) is 70.4 Å². The molecule has 1 aliphatic carbocycles. The number of alkyl halides is 3.